The molecular formula is C14H24N2O3. The number of hydrogen-bond donors (Lipinski definition) is 2. The van der Waals surface area contributed by atoms with Gasteiger partial charge < -0.3 is 15.3 Å². The van der Waals surface area contributed by atoms with Gasteiger partial charge in [-0.05, 0) is 31.1 Å². The van der Waals surface area contributed by atoms with Crippen molar-refractivity contribution in [3.63, 3.8) is 0 Å². The SMILES string of the molecule is CC1CCC(CNC(=O)N2CCC(C(=O)O)C2)CC1. The minimum absolute atomic E-state index is 0.0950. The van der Waals surface area contributed by atoms with E-state index < -0.39 is 5.97 Å². The third kappa shape index (κ3) is 3.85. The summed E-state index contributed by atoms with van der Waals surface area (Å²) in [6, 6.07) is -0.0950. The van der Waals surface area contributed by atoms with Gasteiger partial charge in [-0.25, -0.2) is 4.79 Å². The van der Waals surface area contributed by atoms with Gasteiger partial charge in [0, 0.05) is 19.6 Å². The second-order valence-electron chi connectivity index (χ2n) is 6.08. The first-order valence-electron chi connectivity index (χ1n) is 7.32. The van der Waals surface area contributed by atoms with E-state index in [1.165, 1.54) is 25.7 Å². The Morgan fingerprint density at radius 2 is 1.89 bits per heavy atom. The number of carbonyl (C=O) groups is 2. The molecule has 1 aliphatic heterocycles. The van der Waals surface area contributed by atoms with Gasteiger partial charge in [0.2, 0.25) is 0 Å². The predicted octanol–water partition coefficient (Wildman–Crippen LogP) is 1.93. The normalized spacial score (nSPS) is 31.2. The van der Waals surface area contributed by atoms with Crippen LogP contribution in [-0.4, -0.2) is 41.6 Å². The Morgan fingerprint density at radius 1 is 1.21 bits per heavy atom. The highest BCUT2D eigenvalue weighted by atomic mass is 16.4. The van der Waals surface area contributed by atoms with Crippen LogP contribution in [-0.2, 0) is 4.79 Å². The monoisotopic (exact) mass is 268 g/mol. The number of likely N-dealkylation sites (tertiary alicyclic amines) is 1. The number of amides is 2. The third-order valence-corrected chi connectivity index (χ3v) is 4.50. The highest BCUT2D eigenvalue weighted by Gasteiger charge is 2.31. The van der Waals surface area contributed by atoms with Gasteiger partial charge in [0.15, 0.2) is 0 Å². The lowest BCUT2D eigenvalue weighted by atomic mass is 9.83. The molecule has 0 aromatic heterocycles. The van der Waals surface area contributed by atoms with Crippen LogP contribution < -0.4 is 5.32 Å². The van der Waals surface area contributed by atoms with Crippen molar-refractivity contribution < 1.29 is 14.7 Å². The Morgan fingerprint density at radius 3 is 2.47 bits per heavy atom. The number of urea groups is 1. The fourth-order valence-electron chi connectivity index (χ4n) is 3.02. The average Bonchev–Trinajstić information content (AvgIpc) is 2.87. The zero-order chi connectivity index (χ0) is 13.8. The summed E-state index contributed by atoms with van der Waals surface area (Å²) in [6.45, 7) is 3.93. The Labute approximate surface area is 114 Å². The molecule has 108 valence electrons. The molecular weight excluding hydrogens is 244 g/mol. The lowest BCUT2D eigenvalue weighted by Crippen LogP contribution is -2.41. The lowest BCUT2D eigenvalue weighted by molar-refractivity contribution is -0.141. The topological polar surface area (TPSA) is 69.6 Å². The molecule has 2 amide bonds. The standard InChI is InChI=1S/C14H24N2O3/c1-10-2-4-11(5-3-10)8-15-14(19)16-7-6-12(9-16)13(17)18/h10-12H,2-9H2,1H3,(H,15,19)(H,17,18). The van der Waals surface area contributed by atoms with E-state index in [1.807, 2.05) is 0 Å². The van der Waals surface area contributed by atoms with Crippen molar-refractivity contribution >= 4 is 12.0 Å². The summed E-state index contributed by atoms with van der Waals surface area (Å²) in [5.41, 5.74) is 0. The number of carboxylic acid groups (broad SMARTS) is 1. The van der Waals surface area contributed by atoms with Crippen molar-refractivity contribution in [2.45, 2.75) is 39.0 Å². The third-order valence-electron chi connectivity index (χ3n) is 4.50. The molecule has 1 aliphatic carbocycles. The largest absolute Gasteiger partial charge is 0.481 e. The summed E-state index contributed by atoms with van der Waals surface area (Å²) < 4.78 is 0. The van der Waals surface area contributed by atoms with Crippen LogP contribution in [0.1, 0.15) is 39.0 Å². The van der Waals surface area contributed by atoms with Gasteiger partial charge >= 0.3 is 12.0 Å². The number of nitrogens with zero attached hydrogens (tertiary/aromatic N) is 1. The van der Waals surface area contributed by atoms with E-state index in [-0.39, 0.29) is 11.9 Å². The second-order valence-corrected chi connectivity index (χ2v) is 6.08. The van der Waals surface area contributed by atoms with Crippen LogP contribution >= 0.6 is 0 Å². The number of carboxylic acids is 1. The molecule has 19 heavy (non-hydrogen) atoms. The van der Waals surface area contributed by atoms with Gasteiger partial charge in [-0.2, -0.15) is 0 Å². The van der Waals surface area contributed by atoms with Gasteiger partial charge in [0.1, 0.15) is 0 Å². The molecule has 1 atom stereocenters. The Hall–Kier alpha value is -1.26. The number of rotatable bonds is 3. The molecule has 0 aromatic carbocycles. The van der Waals surface area contributed by atoms with E-state index in [0.29, 0.717) is 25.4 Å². The molecule has 0 radical (unpaired) electrons. The van der Waals surface area contributed by atoms with Crippen LogP contribution in [0.3, 0.4) is 0 Å². The molecule has 1 saturated carbocycles. The second kappa shape index (κ2) is 6.26. The zero-order valence-electron chi connectivity index (χ0n) is 11.6. The van der Waals surface area contributed by atoms with Crippen LogP contribution in [0.2, 0.25) is 0 Å². The van der Waals surface area contributed by atoms with Gasteiger partial charge in [-0.1, -0.05) is 19.8 Å². The van der Waals surface area contributed by atoms with E-state index in [9.17, 15) is 9.59 Å². The average molecular weight is 268 g/mol. The summed E-state index contributed by atoms with van der Waals surface area (Å²) in [5.74, 6) is 0.234. The molecule has 2 N–H and O–H groups in total. The number of aliphatic carboxylic acids is 1. The summed E-state index contributed by atoms with van der Waals surface area (Å²) >= 11 is 0. The molecule has 2 rings (SSSR count). The van der Waals surface area contributed by atoms with E-state index in [4.69, 9.17) is 5.11 Å². The van der Waals surface area contributed by atoms with Crippen molar-refractivity contribution in [3.8, 4) is 0 Å². The van der Waals surface area contributed by atoms with Gasteiger partial charge in [0.25, 0.3) is 0 Å². The van der Waals surface area contributed by atoms with Gasteiger partial charge in [-0.15, -0.1) is 0 Å². The number of carbonyl (C=O) groups excluding carboxylic acids is 1. The Bertz CT molecular complexity index is 338. The molecule has 0 bridgehead atoms. The van der Waals surface area contributed by atoms with E-state index in [2.05, 4.69) is 12.2 Å². The van der Waals surface area contributed by atoms with Crippen molar-refractivity contribution in [1.29, 1.82) is 0 Å². The maximum Gasteiger partial charge on any atom is 0.317 e. The van der Waals surface area contributed by atoms with Crippen molar-refractivity contribution in [2.24, 2.45) is 17.8 Å². The lowest BCUT2D eigenvalue weighted by Gasteiger charge is -2.27. The molecule has 2 fully saturated rings. The smallest absolute Gasteiger partial charge is 0.317 e. The summed E-state index contributed by atoms with van der Waals surface area (Å²) in [5, 5.41) is 11.9. The van der Waals surface area contributed by atoms with Crippen LogP contribution in [0.5, 0.6) is 0 Å². The minimum atomic E-state index is -0.795. The van der Waals surface area contributed by atoms with Crippen LogP contribution in [0.4, 0.5) is 4.79 Å². The van der Waals surface area contributed by atoms with Gasteiger partial charge in [-0.3, -0.25) is 4.79 Å². The minimum Gasteiger partial charge on any atom is -0.481 e. The highest BCUT2D eigenvalue weighted by Crippen LogP contribution is 2.27. The summed E-state index contributed by atoms with van der Waals surface area (Å²) in [4.78, 5) is 24.4. The molecule has 2 aliphatic rings. The molecule has 5 heteroatoms. The predicted molar refractivity (Wildman–Crippen MR) is 71.8 cm³/mol. The Kier molecular flexibility index (Phi) is 4.66. The van der Waals surface area contributed by atoms with E-state index in [0.717, 1.165) is 12.5 Å². The van der Waals surface area contributed by atoms with Gasteiger partial charge in [0.05, 0.1) is 5.92 Å². The van der Waals surface area contributed by atoms with Crippen molar-refractivity contribution in [2.75, 3.05) is 19.6 Å². The molecule has 0 spiro atoms. The maximum absolute atomic E-state index is 11.9. The number of hydrogen-bond acceptors (Lipinski definition) is 2. The molecule has 1 saturated heterocycles. The molecule has 1 heterocycles. The first-order valence-corrected chi connectivity index (χ1v) is 7.32. The van der Waals surface area contributed by atoms with Crippen molar-refractivity contribution in [3.05, 3.63) is 0 Å². The first-order chi connectivity index (χ1) is 9.06. The fourth-order valence-corrected chi connectivity index (χ4v) is 3.02. The van der Waals surface area contributed by atoms with E-state index >= 15 is 0 Å². The molecule has 1 unspecified atom stereocenters. The summed E-state index contributed by atoms with van der Waals surface area (Å²) in [6.07, 6.45) is 5.47. The fraction of sp³-hybridized carbons (Fsp3) is 0.857. The zero-order valence-corrected chi connectivity index (χ0v) is 11.6. The molecule has 0 aromatic rings. The number of nitrogens with one attached hydrogen (secondary N) is 1. The first kappa shape index (κ1) is 14.2. The highest BCUT2D eigenvalue weighted by molar-refractivity contribution is 5.77. The van der Waals surface area contributed by atoms with Crippen LogP contribution in [0, 0.1) is 17.8 Å². The Balaban J connectivity index is 1.69. The van der Waals surface area contributed by atoms with Crippen molar-refractivity contribution in [1.82, 2.24) is 10.2 Å². The van der Waals surface area contributed by atoms with Crippen LogP contribution in [0.25, 0.3) is 0 Å². The quantitative estimate of drug-likeness (QED) is 0.821. The maximum atomic E-state index is 11.9. The van der Waals surface area contributed by atoms with E-state index in [1.54, 1.807) is 4.90 Å². The van der Waals surface area contributed by atoms with Crippen LogP contribution in [0.15, 0.2) is 0 Å². The summed E-state index contributed by atoms with van der Waals surface area (Å²) in [7, 11) is 0. The molecule has 5 nitrogen and oxygen atoms in total.